The van der Waals surface area contributed by atoms with Crippen molar-refractivity contribution in [2.75, 3.05) is 13.1 Å². The second-order valence-electron chi connectivity index (χ2n) is 6.53. The highest BCUT2D eigenvalue weighted by Gasteiger charge is 2.15. The van der Waals surface area contributed by atoms with Gasteiger partial charge in [-0.05, 0) is 57.3 Å². The number of hydrogen-bond donors (Lipinski definition) is 2. The van der Waals surface area contributed by atoms with Crippen LogP contribution in [0, 0.1) is 12.8 Å². The smallest absolute Gasteiger partial charge is 0.220 e. The number of nitrogens with one attached hydrogen (secondary N) is 2. The standard InChI is InChI=1S/C19H24ClN3OS/c1-13-19(15-3-5-16(20)6-4-15)23-18(25-13)12-22-17(24)7-2-14-8-10-21-11-9-14/h3-6,14,21H,2,7-12H2,1H3,(H,22,24). The van der Waals surface area contributed by atoms with Gasteiger partial charge in [0.15, 0.2) is 0 Å². The van der Waals surface area contributed by atoms with Crippen LogP contribution < -0.4 is 10.6 Å². The second kappa shape index (κ2) is 8.79. The summed E-state index contributed by atoms with van der Waals surface area (Å²) in [5.41, 5.74) is 2.03. The summed E-state index contributed by atoms with van der Waals surface area (Å²) < 4.78 is 0. The van der Waals surface area contributed by atoms with Crippen molar-refractivity contribution in [3.8, 4) is 11.3 Å². The van der Waals surface area contributed by atoms with Gasteiger partial charge in [0.2, 0.25) is 5.91 Å². The summed E-state index contributed by atoms with van der Waals surface area (Å²) in [6, 6.07) is 7.70. The van der Waals surface area contributed by atoms with Crippen molar-refractivity contribution in [2.45, 2.75) is 39.2 Å². The maximum Gasteiger partial charge on any atom is 0.220 e. The first kappa shape index (κ1) is 18.4. The zero-order valence-corrected chi connectivity index (χ0v) is 16.1. The average Bonchev–Trinajstić information content (AvgIpc) is 3.00. The summed E-state index contributed by atoms with van der Waals surface area (Å²) >= 11 is 7.58. The zero-order chi connectivity index (χ0) is 17.6. The molecule has 1 amide bonds. The Hall–Kier alpha value is -1.43. The molecule has 1 aromatic carbocycles. The van der Waals surface area contributed by atoms with Crippen molar-refractivity contribution in [3.05, 3.63) is 39.2 Å². The van der Waals surface area contributed by atoms with E-state index in [1.807, 2.05) is 24.3 Å². The average molecular weight is 378 g/mol. The number of thiazole rings is 1. The molecule has 6 heteroatoms. The largest absolute Gasteiger partial charge is 0.350 e. The van der Waals surface area contributed by atoms with Gasteiger partial charge in [0, 0.05) is 21.9 Å². The summed E-state index contributed by atoms with van der Waals surface area (Å²) in [4.78, 5) is 17.9. The summed E-state index contributed by atoms with van der Waals surface area (Å²) in [5, 5.41) is 8.03. The van der Waals surface area contributed by atoms with Gasteiger partial charge in [-0.2, -0.15) is 0 Å². The number of amides is 1. The lowest BCUT2D eigenvalue weighted by molar-refractivity contribution is -0.121. The van der Waals surface area contributed by atoms with Gasteiger partial charge in [0.05, 0.1) is 12.2 Å². The molecule has 0 saturated carbocycles. The summed E-state index contributed by atoms with van der Waals surface area (Å²) in [5.74, 6) is 0.810. The normalized spacial score (nSPS) is 15.3. The third kappa shape index (κ3) is 5.27. The fourth-order valence-electron chi connectivity index (χ4n) is 3.17. The Morgan fingerprint density at radius 2 is 2.04 bits per heavy atom. The minimum absolute atomic E-state index is 0.124. The Balaban J connectivity index is 1.50. The first-order valence-corrected chi connectivity index (χ1v) is 10.0. The first-order valence-electron chi connectivity index (χ1n) is 8.81. The molecule has 0 radical (unpaired) electrons. The highest BCUT2D eigenvalue weighted by molar-refractivity contribution is 7.12. The van der Waals surface area contributed by atoms with Crippen LogP contribution >= 0.6 is 22.9 Å². The van der Waals surface area contributed by atoms with E-state index in [1.165, 1.54) is 12.8 Å². The SMILES string of the molecule is Cc1sc(CNC(=O)CCC2CCNCC2)nc1-c1ccc(Cl)cc1. The van der Waals surface area contributed by atoms with E-state index in [0.29, 0.717) is 18.9 Å². The van der Waals surface area contributed by atoms with Crippen molar-refractivity contribution < 1.29 is 4.79 Å². The molecule has 1 fully saturated rings. The number of aromatic nitrogens is 1. The molecule has 1 saturated heterocycles. The van der Waals surface area contributed by atoms with Crippen molar-refractivity contribution >= 4 is 28.8 Å². The molecule has 1 aliphatic rings. The molecule has 2 N–H and O–H groups in total. The van der Waals surface area contributed by atoms with Gasteiger partial charge in [-0.25, -0.2) is 4.98 Å². The summed E-state index contributed by atoms with van der Waals surface area (Å²) in [6.07, 6.45) is 3.96. The number of rotatable bonds is 6. The maximum atomic E-state index is 12.1. The van der Waals surface area contributed by atoms with E-state index in [4.69, 9.17) is 11.6 Å². The molecule has 0 atom stereocenters. The van der Waals surface area contributed by atoms with Crippen LogP contribution in [0.5, 0.6) is 0 Å². The molecular weight excluding hydrogens is 354 g/mol. The minimum atomic E-state index is 0.124. The van der Waals surface area contributed by atoms with Gasteiger partial charge in [-0.3, -0.25) is 4.79 Å². The molecule has 0 unspecified atom stereocenters. The van der Waals surface area contributed by atoms with Crippen LogP contribution in [-0.2, 0) is 11.3 Å². The summed E-state index contributed by atoms with van der Waals surface area (Å²) in [6.45, 7) is 4.73. The minimum Gasteiger partial charge on any atom is -0.350 e. The van der Waals surface area contributed by atoms with Gasteiger partial charge in [-0.1, -0.05) is 23.7 Å². The van der Waals surface area contributed by atoms with Crippen LogP contribution in [0.4, 0.5) is 0 Å². The van der Waals surface area contributed by atoms with Crippen LogP contribution in [0.2, 0.25) is 5.02 Å². The van der Waals surface area contributed by atoms with Gasteiger partial charge in [-0.15, -0.1) is 11.3 Å². The van der Waals surface area contributed by atoms with Crippen LogP contribution in [-0.4, -0.2) is 24.0 Å². The van der Waals surface area contributed by atoms with Gasteiger partial charge in [0.1, 0.15) is 5.01 Å². The molecule has 1 aliphatic heterocycles. The van der Waals surface area contributed by atoms with E-state index >= 15 is 0 Å². The lowest BCUT2D eigenvalue weighted by atomic mass is 9.93. The number of piperidine rings is 1. The van der Waals surface area contributed by atoms with Crippen LogP contribution in [0.15, 0.2) is 24.3 Å². The lowest BCUT2D eigenvalue weighted by Gasteiger charge is -2.22. The van der Waals surface area contributed by atoms with Crippen molar-refractivity contribution in [3.63, 3.8) is 0 Å². The zero-order valence-electron chi connectivity index (χ0n) is 14.5. The molecule has 3 rings (SSSR count). The Morgan fingerprint density at radius 1 is 1.32 bits per heavy atom. The Morgan fingerprint density at radius 3 is 2.76 bits per heavy atom. The lowest BCUT2D eigenvalue weighted by Crippen LogP contribution is -2.29. The molecule has 0 bridgehead atoms. The number of nitrogens with zero attached hydrogens (tertiary/aromatic N) is 1. The van der Waals surface area contributed by atoms with Gasteiger partial charge >= 0.3 is 0 Å². The van der Waals surface area contributed by atoms with E-state index in [0.717, 1.165) is 45.7 Å². The molecular formula is C19H24ClN3OS. The van der Waals surface area contributed by atoms with E-state index in [1.54, 1.807) is 11.3 Å². The molecule has 1 aromatic heterocycles. The topological polar surface area (TPSA) is 54.0 Å². The summed E-state index contributed by atoms with van der Waals surface area (Å²) in [7, 11) is 0. The van der Waals surface area contributed by atoms with E-state index in [-0.39, 0.29) is 5.91 Å². The monoisotopic (exact) mass is 377 g/mol. The van der Waals surface area contributed by atoms with E-state index in [2.05, 4.69) is 22.5 Å². The Labute approximate surface area is 158 Å². The Bertz CT molecular complexity index is 708. The Kier molecular flexibility index (Phi) is 6.45. The molecule has 2 aromatic rings. The van der Waals surface area contributed by atoms with E-state index in [9.17, 15) is 4.79 Å². The first-order chi connectivity index (χ1) is 12.1. The highest BCUT2D eigenvalue weighted by atomic mass is 35.5. The molecule has 4 nitrogen and oxygen atoms in total. The fraction of sp³-hybridized carbons (Fsp3) is 0.474. The highest BCUT2D eigenvalue weighted by Crippen LogP contribution is 2.28. The molecule has 2 heterocycles. The van der Waals surface area contributed by atoms with E-state index < -0.39 is 0 Å². The molecule has 0 spiro atoms. The number of aryl methyl sites for hydroxylation is 1. The second-order valence-corrected chi connectivity index (χ2v) is 8.25. The molecule has 25 heavy (non-hydrogen) atoms. The number of carbonyl (C=O) groups excluding carboxylic acids is 1. The predicted molar refractivity (Wildman–Crippen MR) is 104 cm³/mol. The number of benzene rings is 1. The third-order valence-corrected chi connectivity index (χ3v) is 5.86. The number of carbonyl (C=O) groups is 1. The number of hydrogen-bond acceptors (Lipinski definition) is 4. The van der Waals surface area contributed by atoms with Crippen molar-refractivity contribution in [1.82, 2.24) is 15.6 Å². The van der Waals surface area contributed by atoms with Crippen LogP contribution in [0.1, 0.15) is 35.6 Å². The van der Waals surface area contributed by atoms with Gasteiger partial charge < -0.3 is 10.6 Å². The van der Waals surface area contributed by atoms with Crippen LogP contribution in [0.3, 0.4) is 0 Å². The van der Waals surface area contributed by atoms with Crippen molar-refractivity contribution in [2.24, 2.45) is 5.92 Å². The number of halogens is 1. The van der Waals surface area contributed by atoms with Crippen molar-refractivity contribution in [1.29, 1.82) is 0 Å². The third-order valence-electron chi connectivity index (χ3n) is 4.63. The maximum absolute atomic E-state index is 12.1. The van der Waals surface area contributed by atoms with Crippen LogP contribution in [0.25, 0.3) is 11.3 Å². The predicted octanol–water partition coefficient (Wildman–Crippen LogP) is 4.17. The molecule has 134 valence electrons. The quantitative estimate of drug-likeness (QED) is 0.794. The fourth-order valence-corrected chi connectivity index (χ4v) is 4.19. The van der Waals surface area contributed by atoms with Gasteiger partial charge in [0.25, 0.3) is 0 Å². The molecule has 0 aliphatic carbocycles.